The fraction of sp³-hybridized carbons (Fsp3) is 0.714. The number of carbonyl (C=O) groups is 1. The van der Waals surface area contributed by atoms with Crippen molar-refractivity contribution >= 4 is 5.97 Å². The number of rotatable bonds is 8. The number of aryl methyl sites for hydroxylation is 1. The normalized spacial score (nSPS) is 14.6. The number of aliphatic carboxylic acids is 1. The molecule has 0 aliphatic rings. The Morgan fingerprint density at radius 1 is 1.53 bits per heavy atom. The highest BCUT2D eigenvalue weighted by Gasteiger charge is 2.30. The van der Waals surface area contributed by atoms with Crippen LogP contribution in [0.4, 0.5) is 0 Å². The molecule has 2 N–H and O–H groups in total. The number of hydrogen-bond donors (Lipinski definition) is 2. The van der Waals surface area contributed by atoms with Gasteiger partial charge in [0.1, 0.15) is 11.4 Å². The van der Waals surface area contributed by atoms with E-state index in [1.807, 2.05) is 12.4 Å². The third kappa shape index (κ3) is 4.06. The van der Waals surface area contributed by atoms with Gasteiger partial charge in [-0.1, -0.05) is 13.8 Å². The maximum absolute atomic E-state index is 11.1. The summed E-state index contributed by atoms with van der Waals surface area (Å²) in [6, 6.07) is 0. The highest BCUT2D eigenvalue weighted by atomic mass is 16.4. The lowest BCUT2D eigenvalue weighted by molar-refractivity contribution is -0.144. The summed E-state index contributed by atoms with van der Waals surface area (Å²) in [4.78, 5) is 15.5. The molecular formula is C14H25N3O2. The number of unbranched alkanes of at least 4 members (excludes halogenated alkanes) is 1. The Kier molecular flexibility index (Phi) is 5.54. The SMILES string of the molecule is CNC(C)(CCCCn1ccnc1C(C)C)C(=O)O. The first-order valence-corrected chi connectivity index (χ1v) is 6.84. The molecule has 1 atom stereocenters. The van der Waals surface area contributed by atoms with Gasteiger partial charge in [-0.25, -0.2) is 4.98 Å². The zero-order valence-electron chi connectivity index (χ0n) is 12.3. The van der Waals surface area contributed by atoms with Crippen molar-refractivity contribution in [2.75, 3.05) is 7.05 Å². The molecule has 0 aliphatic carbocycles. The van der Waals surface area contributed by atoms with Gasteiger partial charge in [0, 0.05) is 24.9 Å². The number of aromatic nitrogens is 2. The Morgan fingerprint density at radius 3 is 2.74 bits per heavy atom. The van der Waals surface area contributed by atoms with E-state index < -0.39 is 11.5 Å². The van der Waals surface area contributed by atoms with Crippen LogP contribution >= 0.6 is 0 Å². The molecule has 1 aromatic heterocycles. The fourth-order valence-corrected chi connectivity index (χ4v) is 2.11. The minimum atomic E-state index is -0.824. The van der Waals surface area contributed by atoms with E-state index in [-0.39, 0.29) is 0 Å². The van der Waals surface area contributed by atoms with Gasteiger partial charge in [-0.2, -0.15) is 0 Å². The van der Waals surface area contributed by atoms with Crippen molar-refractivity contribution in [3.8, 4) is 0 Å². The van der Waals surface area contributed by atoms with Crippen molar-refractivity contribution < 1.29 is 9.90 Å². The first-order valence-electron chi connectivity index (χ1n) is 6.84. The van der Waals surface area contributed by atoms with Gasteiger partial charge in [0.2, 0.25) is 0 Å². The van der Waals surface area contributed by atoms with Crippen LogP contribution in [-0.2, 0) is 11.3 Å². The topological polar surface area (TPSA) is 67.2 Å². The Balaban J connectivity index is 2.43. The maximum atomic E-state index is 11.1. The van der Waals surface area contributed by atoms with E-state index in [9.17, 15) is 4.79 Å². The molecule has 0 radical (unpaired) electrons. The number of likely N-dealkylation sites (N-methyl/N-ethyl adjacent to an activating group) is 1. The maximum Gasteiger partial charge on any atom is 0.323 e. The number of carboxylic acids is 1. The van der Waals surface area contributed by atoms with E-state index in [4.69, 9.17) is 5.11 Å². The molecular weight excluding hydrogens is 242 g/mol. The molecule has 0 amide bonds. The average Bonchev–Trinajstić information content (AvgIpc) is 2.82. The van der Waals surface area contributed by atoms with Crippen LogP contribution in [0, 0.1) is 0 Å². The van der Waals surface area contributed by atoms with Gasteiger partial charge in [-0.3, -0.25) is 4.79 Å². The lowest BCUT2D eigenvalue weighted by Gasteiger charge is -2.24. The third-order valence-electron chi connectivity index (χ3n) is 3.61. The van der Waals surface area contributed by atoms with Crippen molar-refractivity contribution in [1.29, 1.82) is 0 Å². The van der Waals surface area contributed by atoms with E-state index >= 15 is 0 Å². The van der Waals surface area contributed by atoms with Crippen LogP contribution in [-0.4, -0.2) is 33.2 Å². The molecule has 1 aromatic rings. The molecule has 108 valence electrons. The monoisotopic (exact) mass is 267 g/mol. The van der Waals surface area contributed by atoms with Gasteiger partial charge in [-0.15, -0.1) is 0 Å². The van der Waals surface area contributed by atoms with Crippen molar-refractivity contribution in [3.05, 3.63) is 18.2 Å². The van der Waals surface area contributed by atoms with Crippen LogP contribution in [0.25, 0.3) is 0 Å². The molecule has 5 heteroatoms. The molecule has 0 saturated carbocycles. The summed E-state index contributed by atoms with van der Waals surface area (Å²) in [5, 5.41) is 12.0. The van der Waals surface area contributed by atoms with Gasteiger partial charge >= 0.3 is 5.97 Å². The number of imidazole rings is 1. The van der Waals surface area contributed by atoms with Gasteiger partial charge in [0.05, 0.1) is 0 Å². The molecule has 1 rings (SSSR count). The Labute approximate surface area is 115 Å². The van der Waals surface area contributed by atoms with Crippen molar-refractivity contribution in [2.45, 2.75) is 58.0 Å². The molecule has 5 nitrogen and oxygen atoms in total. The summed E-state index contributed by atoms with van der Waals surface area (Å²) in [6.45, 7) is 6.88. The van der Waals surface area contributed by atoms with Gasteiger partial charge in [-0.05, 0) is 33.2 Å². The van der Waals surface area contributed by atoms with E-state index in [0.29, 0.717) is 12.3 Å². The summed E-state index contributed by atoms with van der Waals surface area (Å²) in [7, 11) is 1.70. The zero-order chi connectivity index (χ0) is 14.5. The second-order valence-electron chi connectivity index (χ2n) is 5.48. The zero-order valence-corrected chi connectivity index (χ0v) is 12.3. The second kappa shape index (κ2) is 6.70. The van der Waals surface area contributed by atoms with Crippen LogP contribution in [0.1, 0.15) is 51.8 Å². The van der Waals surface area contributed by atoms with Crippen LogP contribution < -0.4 is 5.32 Å². The number of nitrogens with zero attached hydrogens (tertiary/aromatic N) is 2. The van der Waals surface area contributed by atoms with Crippen molar-refractivity contribution in [3.63, 3.8) is 0 Å². The third-order valence-corrected chi connectivity index (χ3v) is 3.61. The van der Waals surface area contributed by atoms with Crippen LogP contribution in [0.5, 0.6) is 0 Å². The average molecular weight is 267 g/mol. The summed E-state index contributed by atoms with van der Waals surface area (Å²) in [5.41, 5.74) is -0.824. The minimum Gasteiger partial charge on any atom is -0.480 e. The predicted octanol–water partition coefficient (Wildman–Crippen LogP) is 2.24. The lowest BCUT2D eigenvalue weighted by Crippen LogP contribution is -2.47. The van der Waals surface area contributed by atoms with Crippen LogP contribution in [0.3, 0.4) is 0 Å². The minimum absolute atomic E-state index is 0.414. The smallest absolute Gasteiger partial charge is 0.323 e. The van der Waals surface area contributed by atoms with Crippen molar-refractivity contribution in [1.82, 2.24) is 14.9 Å². The number of nitrogens with one attached hydrogen (secondary N) is 1. The summed E-state index contributed by atoms with van der Waals surface area (Å²) in [5.74, 6) is 0.715. The Bertz CT molecular complexity index is 415. The highest BCUT2D eigenvalue weighted by Crippen LogP contribution is 2.16. The predicted molar refractivity (Wildman–Crippen MR) is 75.3 cm³/mol. The Hall–Kier alpha value is -1.36. The quantitative estimate of drug-likeness (QED) is 0.709. The molecule has 1 heterocycles. The van der Waals surface area contributed by atoms with E-state index in [1.165, 1.54) is 0 Å². The number of hydrogen-bond acceptors (Lipinski definition) is 3. The van der Waals surface area contributed by atoms with Gasteiger partial charge < -0.3 is 15.0 Å². The highest BCUT2D eigenvalue weighted by molar-refractivity contribution is 5.78. The second-order valence-corrected chi connectivity index (χ2v) is 5.48. The largest absolute Gasteiger partial charge is 0.480 e. The molecule has 0 aromatic carbocycles. The summed E-state index contributed by atoms with van der Waals surface area (Å²) >= 11 is 0. The molecule has 19 heavy (non-hydrogen) atoms. The lowest BCUT2D eigenvalue weighted by atomic mass is 9.95. The van der Waals surface area contributed by atoms with Crippen LogP contribution in [0.15, 0.2) is 12.4 Å². The van der Waals surface area contributed by atoms with Gasteiger partial charge in [0.15, 0.2) is 0 Å². The molecule has 0 spiro atoms. The Morgan fingerprint density at radius 2 is 2.21 bits per heavy atom. The van der Waals surface area contributed by atoms with Gasteiger partial charge in [0.25, 0.3) is 0 Å². The van der Waals surface area contributed by atoms with E-state index in [2.05, 4.69) is 28.7 Å². The molecule has 0 aliphatic heterocycles. The molecule has 0 fully saturated rings. The van der Waals surface area contributed by atoms with E-state index in [0.717, 1.165) is 25.2 Å². The van der Waals surface area contributed by atoms with Crippen LogP contribution in [0.2, 0.25) is 0 Å². The summed E-state index contributed by atoms with van der Waals surface area (Å²) < 4.78 is 2.15. The fourth-order valence-electron chi connectivity index (χ4n) is 2.11. The first-order chi connectivity index (χ1) is 8.90. The molecule has 1 unspecified atom stereocenters. The first kappa shape index (κ1) is 15.7. The standard InChI is InChI=1S/C14H25N3O2/c1-11(2)12-16-8-10-17(12)9-6-5-7-14(3,15-4)13(18)19/h8,10-11,15H,5-7,9H2,1-4H3,(H,18,19). The molecule has 0 bridgehead atoms. The van der Waals surface area contributed by atoms with Crippen molar-refractivity contribution in [2.24, 2.45) is 0 Å². The number of carboxylic acid groups (broad SMARTS) is 1. The van der Waals surface area contributed by atoms with E-state index in [1.54, 1.807) is 14.0 Å². The summed E-state index contributed by atoms with van der Waals surface area (Å²) in [6.07, 6.45) is 6.28. The molecule has 0 saturated heterocycles.